The van der Waals surface area contributed by atoms with Crippen molar-refractivity contribution in [3.63, 3.8) is 0 Å². The molecule has 3 aromatic rings. The fourth-order valence-corrected chi connectivity index (χ4v) is 2.43. The van der Waals surface area contributed by atoms with Crippen LogP contribution in [0, 0.1) is 0 Å². The van der Waals surface area contributed by atoms with Gasteiger partial charge < -0.3 is 5.73 Å². The van der Waals surface area contributed by atoms with Crippen molar-refractivity contribution in [2.45, 2.75) is 0 Å². The van der Waals surface area contributed by atoms with E-state index < -0.39 is 0 Å². The van der Waals surface area contributed by atoms with Crippen LogP contribution in [0.15, 0.2) is 54.0 Å². The second kappa shape index (κ2) is 4.58. The molecule has 0 amide bonds. The van der Waals surface area contributed by atoms with E-state index in [-0.39, 0.29) is 0 Å². The molecule has 2 heterocycles. The molecule has 2 N–H and O–H groups in total. The third-order valence-electron chi connectivity index (χ3n) is 2.67. The highest BCUT2D eigenvalue weighted by atomic mass is 32.1. The summed E-state index contributed by atoms with van der Waals surface area (Å²) in [6.45, 7) is 0. The van der Waals surface area contributed by atoms with Gasteiger partial charge in [0, 0.05) is 22.7 Å². The standard InChI is InChI=1S/C14H11N3S/c15-14-17-13(9-18-14)11-6-2-1-5-10(11)12-7-3-4-8-16-12/h1-9H,(H2,15,17). The zero-order valence-electron chi connectivity index (χ0n) is 9.58. The van der Waals surface area contributed by atoms with Crippen LogP contribution in [0.3, 0.4) is 0 Å². The van der Waals surface area contributed by atoms with Crippen molar-refractivity contribution in [3.8, 4) is 22.5 Å². The normalized spacial score (nSPS) is 10.4. The zero-order valence-corrected chi connectivity index (χ0v) is 10.4. The molecular formula is C14H11N3S. The minimum Gasteiger partial charge on any atom is -0.375 e. The number of hydrogen-bond donors (Lipinski definition) is 1. The molecule has 2 aromatic heterocycles. The lowest BCUT2D eigenvalue weighted by Gasteiger charge is -2.06. The van der Waals surface area contributed by atoms with Gasteiger partial charge in [-0.3, -0.25) is 4.98 Å². The van der Waals surface area contributed by atoms with Crippen LogP contribution in [-0.4, -0.2) is 9.97 Å². The van der Waals surface area contributed by atoms with Gasteiger partial charge in [0.15, 0.2) is 5.13 Å². The van der Waals surface area contributed by atoms with Crippen LogP contribution in [0.1, 0.15) is 0 Å². The molecule has 1 aromatic carbocycles. The second-order valence-corrected chi connectivity index (χ2v) is 4.72. The Morgan fingerprint density at radius 1 is 0.889 bits per heavy atom. The summed E-state index contributed by atoms with van der Waals surface area (Å²) >= 11 is 1.45. The number of rotatable bonds is 2. The van der Waals surface area contributed by atoms with Crippen molar-refractivity contribution in [1.29, 1.82) is 0 Å². The molecule has 0 aliphatic heterocycles. The van der Waals surface area contributed by atoms with Gasteiger partial charge >= 0.3 is 0 Å². The molecule has 0 saturated carbocycles. The summed E-state index contributed by atoms with van der Waals surface area (Å²) in [6.07, 6.45) is 1.79. The number of aromatic nitrogens is 2. The predicted molar refractivity (Wildman–Crippen MR) is 75.2 cm³/mol. The zero-order chi connectivity index (χ0) is 12.4. The van der Waals surface area contributed by atoms with Gasteiger partial charge in [-0.1, -0.05) is 30.3 Å². The van der Waals surface area contributed by atoms with Crippen molar-refractivity contribution < 1.29 is 0 Å². The summed E-state index contributed by atoms with van der Waals surface area (Å²) in [5, 5.41) is 2.55. The Hall–Kier alpha value is -2.20. The molecular weight excluding hydrogens is 242 g/mol. The molecule has 0 aliphatic carbocycles. The maximum Gasteiger partial charge on any atom is 0.180 e. The number of benzene rings is 1. The van der Waals surface area contributed by atoms with E-state index in [1.807, 2.05) is 47.8 Å². The maximum absolute atomic E-state index is 5.70. The van der Waals surface area contributed by atoms with E-state index in [4.69, 9.17) is 5.73 Å². The summed E-state index contributed by atoms with van der Waals surface area (Å²) in [7, 11) is 0. The predicted octanol–water partition coefficient (Wildman–Crippen LogP) is 3.45. The van der Waals surface area contributed by atoms with E-state index >= 15 is 0 Å². The number of nitrogen functional groups attached to an aromatic ring is 1. The van der Waals surface area contributed by atoms with Crippen LogP contribution >= 0.6 is 11.3 Å². The molecule has 4 heteroatoms. The van der Waals surface area contributed by atoms with Crippen LogP contribution in [0.4, 0.5) is 5.13 Å². The minimum absolute atomic E-state index is 0.584. The number of nitrogens with zero attached hydrogens (tertiary/aromatic N) is 2. The van der Waals surface area contributed by atoms with Gasteiger partial charge in [-0.15, -0.1) is 11.3 Å². The molecule has 18 heavy (non-hydrogen) atoms. The monoisotopic (exact) mass is 253 g/mol. The molecule has 0 fully saturated rings. The highest BCUT2D eigenvalue weighted by Gasteiger charge is 2.09. The first-order chi connectivity index (χ1) is 8.84. The van der Waals surface area contributed by atoms with Gasteiger partial charge in [-0.2, -0.15) is 0 Å². The van der Waals surface area contributed by atoms with Crippen molar-refractivity contribution in [3.05, 3.63) is 54.0 Å². The summed E-state index contributed by atoms with van der Waals surface area (Å²) in [4.78, 5) is 8.72. The van der Waals surface area contributed by atoms with Crippen LogP contribution in [0.25, 0.3) is 22.5 Å². The summed E-state index contributed by atoms with van der Waals surface area (Å²) in [5.41, 5.74) is 9.67. The summed E-state index contributed by atoms with van der Waals surface area (Å²) in [6, 6.07) is 14.0. The molecule has 0 radical (unpaired) electrons. The lowest BCUT2D eigenvalue weighted by Crippen LogP contribution is -1.88. The van der Waals surface area contributed by atoms with E-state index in [9.17, 15) is 0 Å². The number of anilines is 1. The van der Waals surface area contributed by atoms with Gasteiger partial charge in [0.25, 0.3) is 0 Å². The number of thiazole rings is 1. The molecule has 0 unspecified atom stereocenters. The van der Waals surface area contributed by atoms with E-state index in [1.165, 1.54) is 11.3 Å². The molecule has 0 atom stereocenters. The average Bonchev–Trinajstić information content (AvgIpc) is 2.86. The molecule has 3 rings (SSSR count). The van der Waals surface area contributed by atoms with Crippen LogP contribution in [0.2, 0.25) is 0 Å². The molecule has 0 aliphatic rings. The van der Waals surface area contributed by atoms with Gasteiger partial charge in [-0.25, -0.2) is 4.98 Å². The summed E-state index contributed by atoms with van der Waals surface area (Å²) in [5.74, 6) is 0. The Kier molecular flexibility index (Phi) is 2.78. The molecule has 0 spiro atoms. The first kappa shape index (κ1) is 10.9. The third kappa shape index (κ3) is 1.98. The first-order valence-electron chi connectivity index (χ1n) is 5.56. The number of pyridine rings is 1. The van der Waals surface area contributed by atoms with Gasteiger partial charge in [0.05, 0.1) is 11.4 Å². The average molecular weight is 253 g/mol. The molecule has 88 valence electrons. The Morgan fingerprint density at radius 3 is 2.22 bits per heavy atom. The highest BCUT2D eigenvalue weighted by molar-refractivity contribution is 7.13. The molecule has 3 nitrogen and oxygen atoms in total. The second-order valence-electron chi connectivity index (χ2n) is 3.83. The van der Waals surface area contributed by atoms with E-state index in [0.29, 0.717) is 5.13 Å². The Morgan fingerprint density at radius 2 is 1.61 bits per heavy atom. The summed E-state index contributed by atoms with van der Waals surface area (Å²) < 4.78 is 0. The third-order valence-corrected chi connectivity index (χ3v) is 3.34. The fourth-order valence-electron chi connectivity index (χ4n) is 1.86. The van der Waals surface area contributed by atoms with Gasteiger partial charge in [0.2, 0.25) is 0 Å². The van der Waals surface area contributed by atoms with E-state index in [2.05, 4.69) is 9.97 Å². The number of hydrogen-bond acceptors (Lipinski definition) is 4. The number of nitrogens with two attached hydrogens (primary N) is 1. The minimum atomic E-state index is 0.584. The lowest BCUT2D eigenvalue weighted by molar-refractivity contribution is 1.32. The highest BCUT2D eigenvalue weighted by Crippen LogP contribution is 2.31. The Balaban J connectivity index is 2.17. The van der Waals surface area contributed by atoms with Gasteiger partial charge in [-0.05, 0) is 12.1 Å². The van der Waals surface area contributed by atoms with Crippen molar-refractivity contribution in [2.24, 2.45) is 0 Å². The van der Waals surface area contributed by atoms with Crippen molar-refractivity contribution in [1.82, 2.24) is 9.97 Å². The topological polar surface area (TPSA) is 51.8 Å². The van der Waals surface area contributed by atoms with E-state index in [0.717, 1.165) is 22.5 Å². The van der Waals surface area contributed by atoms with Crippen LogP contribution < -0.4 is 5.73 Å². The van der Waals surface area contributed by atoms with Crippen molar-refractivity contribution in [2.75, 3.05) is 5.73 Å². The largest absolute Gasteiger partial charge is 0.375 e. The van der Waals surface area contributed by atoms with Crippen LogP contribution in [0.5, 0.6) is 0 Å². The lowest BCUT2D eigenvalue weighted by atomic mass is 10.0. The quantitative estimate of drug-likeness (QED) is 0.761. The maximum atomic E-state index is 5.70. The molecule has 0 saturated heterocycles. The van der Waals surface area contributed by atoms with Crippen molar-refractivity contribution >= 4 is 16.5 Å². The molecule has 0 bridgehead atoms. The van der Waals surface area contributed by atoms with Gasteiger partial charge in [0.1, 0.15) is 0 Å². The van der Waals surface area contributed by atoms with E-state index in [1.54, 1.807) is 6.20 Å². The fraction of sp³-hybridized carbons (Fsp3) is 0. The van der Waals surface area contributed by atoms with Crippen LogP contribution in [-0.2, 0) is 0 Å². The smallest absolute Gasteiger partial charge is 0.180 e. The Bertz CT molecular complexity index is 662. The first-order valence-corrected chi connectivity index (χ1v) is 6.44. The Labute approximate surface area is 109 Å². The SMILES string of the molecule is Nc1nc(-c2ccccc2-c2ccccn2)cs1.